The Balaban J connectivity index is 1.91. The number of carboxylic acid groups (broad SMARTS) is 1. The van der Waals surface area contributed by atoms with E-state index in [0.29, 0.717) is 32.4 Å². The molecule has 1 spiro atoms. The van der Waals surface area contributed by atoms with Crippen molar-refractivity contribution in [3.8, 4) is 0 Å². The van der Waals surface area contributed by atoms with E-state index in [-0.39, 0.29) is 11.5 Å². The number of fused-ring (bicyclic) bond motifs is 1. The topological polar surface area (TPSA) is 88.5 Å². The van der Waals surface area contributed by atoms with Crippen molar-refractivity contribution in [2.24, 2.45) is 5.41 Å². The number of nitrogens with zero attached hydrogens (tertiary/aromatic N) is 2. The van der Waals surface area contributed by atoms with Crippen LogP contribution in [0.3, 0.4) is 0 Å². The first-order chi connectivity index (χ1) is 11.6. The molecule has 6 nitrogen and oxygen atoms in total. The Morgan fingerprint density at radius 3 is 2.68 bits per heavy atom. The van der Waals surface area contributed by atoms with Gasteiger partial charge < -0.3 is 14.6 Å². The van der Waals surface area contributed by atoms with Crippen LogP contribution in [0.4, 0.5) is 9.18 Å². The third kappa shape index (κ3) is 3.47. The summed E-state index contributed by atoms with van der Waals surface area (Å²) in [4.78, 5) is 16.9. The number of rotatable bonds is 2. The van der Waals surface area contributed by atoms with Gasteiger partial charge in [-0.15, -0.1) is 4.72 Å². The van der Waals surface area contributed by atoms with Gasteiger partial charge in [-0.1, -0.05) is 0 Å². The van der Waals surface area contributed by atoms with E-state index < -0.39 is 28.0 Å². The lowest BCUT2D eigenvalue weighted by molar-refractivity contribution is 0.0762. The summed E-state index contributed by atoms with van der Waals surface area (Å²) < 4.78 is 29.2. The Morgan fingerprint density at radius 2 is 2.12 bits per heavy atom. The molecule has 25 heavy (non-hydrogen) atoms. The van der Waals surface area contributed by atoms with Crippen molar-refractivity contribution in [3.63, 3.8) is 0 Å². The number of aromatic nitrogens is 1. The molecule has 1 unspecified atom stereocenters. The van der Waals surface area contributed by atoms with Crippen LogP contribution in [0.2, 0.25) is 0 Å². The smallest absolute Gasteiger partial charge is 0.407 e. The second-order valence-electron chi connectivity index (χ2n) is 7.93. The Bertz CT molecular complexity index is 672. The summed E-state index contributed by atoms with van der Waals surface area (Å²) in [6.07, 6.45) is 2.21. The Morgan fingerprint density at radius 1 is 1.48 bits per heavy atom. The van der Waals surface area contributed by atoms with Crippen molar-refractivity contribution in [1.29, 1.82) is 0 Å². The van der Waals surface area contributed by atoms with Crippen LogP contribution in [-0.2, 0) is 17.8 Å². The van der Waals surface area contributed by atoms with Gasteiger partial charge in [0.05, 0.1) is 12.2 Å². The molecule has 1 aromatic heterocycles. The summed E-state index contributed by atoms with van der Waals surface area (Å²) in [5, 5.41) is 9.20. The molecule has 1 fully saturated rings. The lowest BCUT2D eigenvalue weighted by Gasteiger charge is -2.42. The van der Waals surface area contributed by atoms with Crippen LogP contribution in [0.25, 0.3) is 0 Å². The minimum Gasteiger partial charge on any atom is -0.598 e. The fourth-order valence-corrected chi connectivity index (χ4v) is 4.67. The van der Waals surface area contributed by atoms with E-state index in [2.05, 4.69) is 9.71 Å². The van der Waals surface area contributed by atoms with Gasteiger partial charge >= 0.3 is 6.09 Å². The van der Waals surface area contributed by atoms with Gasteiger partial charge in [0, 0.05) is 35.6 Å². The number of halogens is 1. The molecule has 1 amide bonds. The molecule has 2 aliphatic rings. The predicted octanol–water partition coefficient (Wildman–Crippen LogP) is 2.63. The molecule has 1 saturated heterocycles. The van der Waals surface area contributed by atoms with E-state index in [1.807, 2.05) is 20.8 Å². The molecular formula is C17H24FN3O3S. The van der Waals surface area contributed by atoms with Crippen LogP contribution in [0, 0.1) is 11.2 Å². The molecule has 2 atom stereocenters. The van der Waals surface area contributed by atoms with Crippen molar-refractivity contribution in [3.05, 3.63) is 29.3 Å². The van der Waals surface area contributed by atoms with Gasteiger partial charge in [-0.2, -0.15) is 0 Å². The summed E-state index contributed by atoms with van der Waals surface area (Å²) in [5.74, 6) is -0.410. The summed E-state index contributed by atoms with van der Waals surface area (Å²) in [6.45, 7) is 6.50. The molecule has 2 N–H and O–H groups in total. The van der Waals surface area contributed by atoms with Gasteiger partial charge in [0.15, 0.2) is 0 Å². The van der Waals surface area contributed by atoms with Gasteiger partial charge in [-0.05, 0) is 51.7 Å². The van der Waals surface area contributed by atoms with Crippen molar-refractivity contribution >= 4 is 17.5 Å². The SMILES string of the molecule is CC(C)(C)[S+]([O-])N[C@H]1c2cc(F)cnc2CC12CCN(C(=O)O)CC2. The average molecular weight is 369 g/mol. The van der Waals surface area contributed by atoms with Crippen molar-refractivity contribution in [2.45, 2.75) is 50.8 Å². The Hall–Kier alpha value is -1.38. The van der Waals surface area contributed by atoms with Gasteiger partial charge in [0.2, 0.25) is 0 Å². The largest absolute Gasteiger partial charge is 0.598 e. The molecule has 1 aliphatic heterocycles. The molecule has 0 bridgehead atoms. The molecule has 0 aromatic carbocycles. The fraction of sp³-hybridized carbons (Fsp3) is 0.647. The van der Waals surface area contributed by atoms with Crippen LogP contribution in [-0.4, -0.2) is 43.5 Å². The lowest BCUT2D eigenvalue weighted by atomic mass is 9.73. The third-order valence-corrected chi connectivity index (χ3v) is 6.79. The van der Waals surface area contributed by atoms with Gasteiger partial charge in [0.25, 0.3) is 0 Å². The highest BCUT2D eigenvalue weighted by Crippen LogP contribution is 2.52. The zero-order valence-electron chi connectivity index (χ0n) is 14.7. The van der Waals surface area contributed by atoms with E-state index in [0.717, 1.165) is 11.3 Å². The normalized spacial score (nSPS) is 23.6. The van der Waals surface area contributed by atoms with Gasteiger partial charge in [0.1, 0.15) is 10.6 Å². The lowest BCUT2D eigenvalue weighted by Crippen LogP contribution is -2.50. The van der Waals surface area contributed by atoms with Gasteiger partial charge in [-0.3, -0.25) is 4.98 Å². The van der Waals surface area contributed by atoms with E-state index in [9.17, 15) is 18.8 Å². The molecule has 0 radical (unpaired) electrons. The number of hydrogen-bond acceptors (Lipinski definition) is 4. The molecule has 1 aromatic rings. The van der Waals surface area contributed by atoms with E-state index in [1.54, 1.807) is 0 Å². The van der Waals surface area contributed by atoms with Crippen molar-refractivity contribution < 1.29 is 18.8 Å². The van der Waals surface area contributed by atoms with Crippen LogP contribution >= 0.6 is 0 Å². The minimum absolute atomic E-state index is 0.282. The van der Waals surface area contributed by atoms with E-state index in [1.165, 1.54) is 17.2 Å². The highest BCUT2D eigenvalue weighted by atomic mass is 32.2. The number of piperidine rings is 1. The summed E-state index contributed by atoms with van der Waals surface area (Å²) in [5.41, 5.74) is 1.28. The maximum atomic E-state index is 13.8. The Labute approximate surface area is 150 Å². The first-order valence-corrected chi connectivity index (χ1v) is 9.58. The second kappa shape index (κ2) is 6.41. The maximum absolute atomic E-state index is 13.8. The quantitative estimate of drug-likeness (QED) is 0.783. The molecule has 2 heterocycles. The number of pyridine rings is 1. The van der Waals surface area contributed by atoms with Crippen LogP contribution in [0.5, 0.6) is 0 Å². The molecule has 0 saturated carbocycles. The van der Waals surface area contributed by atoms with Crippen LogP contribution in [0.15, 0.2) is 12.3 Å². The predicted molar refractivity (Wildman–Crippen MR) is 92.9 cm³/mol. The summed E-state index contributed by atoms with van der Waals surface area (Å²) in [7, 11) is 0. The van der Waals surface area contributed by atoms with Crippen LogP contribution < -0.4 is 4.72 Å². The highest BCUT2D eigenvalue weighted by Gasteiger charge is 2.51. The maximum Gasteiger partial charge on any atom is 0.407 e. The average Bonchev–Trinajstić information content (AvgIpc) is 2.80. The Kier molecular flexibility index (Phi) is 4.72. The second-order valence-corrected chi connectivity index (χ2v) is 9.93. The number of hydrogen-bond donors (Lipinski definition) is 2. The fourth-order valence-electron chi connectivity index (χ4n) is 3.73. The van der Waals surface area contributed by atoms with Gasteiger partial charge in [-0.25, -0.2) is 9.18 Å². The summed E-state index contributed by atoms with van der Waals surface area (Å²) in [6, 6.07) is 1.18. The minimum atomic E-state index is -1.32. The molecule has 138 valence electrons. The number of amides is 1. The van der Waals surface area contributed by atoms with E-state index >= 15 is 0 Å². The number of likely N-dealkylation sites (tertiary alicyclic amines) is 1. The first-order valence-electron chi connectivity index (χ1n) is 8.43. The first kappa shape index (κ1) is 18.4. The van der Waals surface area contributed by atoms with E-state index in [4.69, 9.17) is 0 Å². The number of carbonyl (C=O) groups is 1. The standard InChI is InChI=1S/C17H24FN3O3S/c1-16(2,3)25(24)20-14-12-8-11(18)10-19-13(12)9-17(14)4-6-21(7-5-17)15(22)23/h8,10,14,20H,4-7,9H2,1-3H3,(H,22,23)/t14-,25?/m0/s1. The highest BCUT2D eigenvalue weighted by molar-refractivity contribution is 7.90. The molecule has 1 aliphatic carbocycles. The molecular weight excluding hydrogens is 345 g/mol. The van der Waals surface area contributed by atoms with Crippen molar-refractivity contribution in [2.75, 3.05) is 13.1 Å². The monoisotopic (exact) mass is 369 g/mol. The molecule has 3 rings (SSSR count). The summed E-state index contributed by atoms with van der Waals surface area (Å²) >= 11 is -1.32. The van der Waals surface area contributed by atoms with Crippen molar-refractivity contribution in [1.82, 2.24) is 14.6 Å². The van der Waals surface area contributed by atoms with Crippen LogP contribution in [0.1, 0.15) is 50.9 Å². The zero-order chi connectivity index (χ0) is 18.4. The zero-order valence-corrected chi connectivity index (χ0v) is 15.5. The third-order valence-electron chi connectivity index (χ3n) is 5.22. The number of nitrogens with one attached hydrogen (secondary N) is 1. The molecule has 8 heteroatoms.